The Morgan fingerprint density at radius 1 is 1.47 bits per heavy atom. The number of carbonyl (C=O) groups excluding carboxylic acids is 1. The van der Waals surface area contributed by atoms with Gasteiger partial charge in [0.25, 0.3) is 5.91 Å². The molecule has 1 fully saturated rings. The standard InChI is InChI=1S/C15H17NO2S/c1-10(13-6-4-8-18-13)16-15(17)12-9-19-14-7-3-2-5-11(12)14/h2-3,5,7,9-10,13H,4,6,8H2,1H3,(H,16,17)/t10-,13-/m0/s1. The molecule has 100 valence electrons. The van der Waals surface area contributed by atoms with Crippen LogP contribution in [0.3, 0.4) is 0 Å². The Balaban J connectivity index is 1.76. The van der Waals surface area contributed by atoms with Crippen molar-refractivity contribution in [2.24, 2.45) is 0 Å². The maximum absolute atomic E-state index is 12.3. The fourth-order valence-corrected chi connectivity index (χ4v) is 3.47. The summed E-state index contributed by atoms with van der Waals surface area (Å²) in [6, 6.07) is 8.07. The lowest BCUT2D eigenvalue weighted by molar-refractivity contribution is 0.0713. The van der Waals surface area contributed by atoms with Gasteiger partial charge in [0, 0.05) is 22.1 Å². The first-order valence-electron chi connectivity index (χ1n) is 6.64. The summed E-state index contributed by atoms with van der Waals surface area (Å²) in [5.41, 5.74) is 0.769. The number of thiophene rings is 1. The normalized spacial score (nSPS) is 20.6. The average molecular weight is 275 g/mol. The summed E-state index contributed by atoms with van der Waals surface area (Å²) in [6.07, 6.45) is 2.28. The van der Waals surface area contributed by atoms with Gasteiger partial charge in [0.15, 0.2) is 0 Å². The van der Waals surface area contributed by atoms with Crippen LogP contribution in [-0.4, -0.2) is 24.7 Å². The number of benzene rings is 1. The molecular weight excluding hydrogens is 258 g/mol. The lowest BCUT2D eigenvalue weighted by Crippen LogP contribution is -2.40. The maximum atomic E-state index is 12.3. The van der Waals surface area contributed by atoms with E-state index in [1.54, 1.807) is 11.3 Å². The summed E-state index contributed by atoms with van der Waals surface area (Å²) < 4.78 is 6.76. The highest BCUT2D eigenvalue weighted by molar-refractivity contribution is 7.17. The fraction of sp³-hybridized carbons (Fsp3) is 0.400. The molecule has 2 heterocycles. The van der Waals surface area contributed by atoms with Crippen LogP contribution in [0.25, 0.3) is 10.1 Å². The number of nitrogens with one attached hydrogen (secondary N) is 1. The van der Waals surface area contributed by atoms with Crippen LogP contribution in [0.4, 0.5) is 0 Å². The molecule has 0 radical (unpaired) electrons. The van der Waals surface area contributed by atoms with Gasteiger partial charge in [-0.25, -0.2) is 0 Å². The molecular formula is C15H17NO2S. The molecule has 3 rings (SSSR count). The fourth-order valence-electron chi connectivity index (χ4n) is 2.53. The summed E-state index contributed by atoms with van der Waals surface area (Å²) in [7, 11) is 0. The summed E-state index contributed by atoms with van der Waals surface area (Å²) in [6.45, 7) is 2.83. The first-order chi connectivity index (χ1) is 9.25. The Hall–Kier alpha value is -1.39. The number of amides is 1. The number of rotatable bonds is 3. The molecule has 0 bridgehead atoms. The smallest absolute Gasteiger partial charge is 0.253 e. The van der Waals surface area contributed by atoms with Crippen molar-refractivity contribution >= 4 is 27.3 Å². The minimum absolute atomic E-state index is 0.000417. The lowest BCUT2D eigenvalue weighted by atomic mass is 10.1. The molecule has 4 heteroatoms. The highest BCUT2D eigenvalue weighted by Gasteiger charge is 2.24. The second-order valence-electron chi connectivity index (χ2n) is 4.96. The van der Waals surface area contributed by atoms with Crippen molar-refractivity contribution in [3.63, 3.8) is 0 Å². The zero-order valence-corrected chi connectivity index (χ0v) is 11.7. The molecule has 1 saturated heterocycles. The Kier molecular flexibility index (Phi) is 3.53. The van der Waals surface area contributed by atoms with E-state index in [2.05, 4.69) is 5.32 Å². The van der Waals surface area contributed by atoms with Crippen molar-refractivity contribution in [1.82, 2.24) is 5.32 Å². The van der Waals surface area contributed by atoms with Crippen LogP contribution in [0.15, 0.2) is 29.6 Å². The predicted octanol–water partition coefficient (Wildman–Crippen LogP) is 3.20. The van der Waals surface area contributed by atoms with Gasteiger partial charge in [-0.3, -0.25) is 4.79 Å². The van der Waals surface area contributed by atoms with Crippen LogP contribution in [0.2, 0.25) is 0 Å². The van der Waals surface area contributed by atoms with Gasteiger partial charge in [-0.05, 0) is 25.8 Å². The number of carbonyl (C=O) groups is 1. The topological polar surface area (TPSA) is 38.3 Å². The molecule has 2 aromatic rings. The van der Waals surface area contributed by atoms with Gasteiger partial charge in [-0.15, -0.1) is 11.3 Å². The molecule has 1 aromatic heterocycles. The molecule has 0 saturated carbocycles. The van der Waals surface area contributed by atoms with Crippen molar-refractivity contribution in [2.75, 3.05) is 6.61 Å². The molecule has 1 aliphatic rings. The second kappa shape index (κ2) is 5.31. The van der Waals surface area contributed by atoms with Crippen molar-refractivity contribution in [1.29, 1.82) is 0 Å². The molecule has 0 aliphatic carbocycles. The highest BCUT2D eigenvalue weighted by Crippen LogP contribution is 2.26. The summed E-state index contributed by atoms with van der Waals surface area (Å²) in [5.74, 6) is 0.000417. The second-order valence-corrected chi connectivity index (χ2v) is 5.87. The Morgan fingerprint density at radius 3 is 3.11 bits per heavy atom. The molecule has 1 aromatic carbocycles. The van der Waals surface area contributed by atoms with Crippen molar-refractivity contribution in [3.8, 4) is 0 Å². The van der Waals surface area contributed by atoms with Crippen LogP contribution in [0, 0.1) is 0 Å². The zero-order valence-electron chi connectivity index (χ0n) is 10.9. The first kappa shape index (κ1) is 12.6. The largest absolute Gasteiger partial charge is 0.376 e. The van der Waals surface area contributed by atoms with Crippen LogP contribution in [0.5, 0.6) is 0 Å². The predicted molar refractivity (Wildman–Crippen MR) is 77.7 cm³/mol. The summed E-state index contributed by atoms with van der Waals surface area (Å²) >= 11 is 1.61. The van der Waals surface area contributed by atoms with Crippen molar-refractivity contribution < 1.29 is 9.53 Å². The summed E-state index contributed by atoms with van der Waals surface area (Å²) in [4.78, 5) is 12.3. The number of fused-ring (bicyclic) bond motifs is 1. The minimum Gasteiger partial charge on any atom is -0.376 e. The van der Waals surface area contributed by atoms with Crippen LogP contribution < -0.4 is 5.32 Å². The van der Waals surface area contributed by atoms with Crippen LogP contribution >= 0.6 is 11.3 Å². The average Bonchev–Trinajstić information content (AvgIpc) is 3.08. The molecule has 1 aliphatic heterocycles. The van der Waals surface area contributed by atoms with Gasteiger partial charge in [0.05, 0.1) is 17.7 Å². The number of hydrogen-bond donors (Lipinski definition) is 1. The third-order valence-electron chi connectivity index (χ3n) is 3.61. The quantitative estimate of drug-likeness (QED) is 0.934. The lowest BCUT2D eigenvalue weighted by Gasteiger charge is -2.19. The third kappa shape index (κ3) is 2.51. The van der Waals surface area contributed by atoms with Gasteiger partial charge >= 0.3 is 0 Å². The Morgan fingerprint density at radius 2 is 2.32 bits per heavy atom. The molecule has 2 atom stereocenters. The van der Waals surface area contributed by atoms with Gasteiger partial charge in [0.2, 0.25) is 0 Å². The monoisotopic (exact) mass is 275 g/mol. The van der Waals surface area contributed by atoms with E-state index in [4.69, 9.17) is 4.74 Å². The van der Waals surface area contributed by atoms with Gasteiger partial charge in [-0.1, -0.05) is 18.2 Å². The Bertz CT molecular complexity index is 587. The minimum atomic E-state index is 0.000417. The van der Waals surface area contributed by atoms with Gasteiger partial charge in [0.1, 0.15) is 0 Å². The SMILES string of the molecule is C[C@H](NC(=O)c1csc2ccccc12)[C@@H]1CCCO1. The molecule has 0 unspecified atom stereocenters. The number of hydrogen-bond acceptors (Lipinski definition) is 3. The summed E-state index contributed by atoms with van der Waals surface area (Å²) in [5, 5.41) is 6.02. The molecule has 19 heavy (non-hydrogen) atoms. The maximum Gasteiger partial charge on any atom is 0.253 e. The third-order valence-corrected chi connectivity index (χ3v) is 4.57. The Labute approximate surface area is 116 Å². The molecule has 1 N–H and O–H groups in total. The van der Waals surface area contributed by atoms with E-state index < -0.39 is 0 Å². The van der Waals surface area contributed by atoms with E-state index >= 15 is 0 Å². The van der Waals surface area contributed by atoms with Crippen molar-refractivity contribution in [3.05, 3.63) is 35.2 Å². The molecule has 1 amide bonds. The van der Waals surface area contributed by atoms with Crippen molar-refractivity contribution in [2.45, 2.75) is 31.9 Å². The van der Waals surface area contributed by atoms with E-state index in [0.717, 1.165) is 35.1 Å². The van der Waals surface area contributed by atoms with E-state index in [0.29, 0.717) is 0 Å². The van der Waals surface area contributed by atoms with E-state index in [1.807, 2.05) is 36.6 Å². The highest BCUT2D eigenvalue weighted by atomic mass is 32.1. The molecule has 0 spiro atoms. The first-order valence-corrected chi connectivity index (χ1v) is 7.52. The zero-order chi connectivity index (χ0) is 13.2. The van der Waals surface area contributed by atoms with Crippen LogP contribution in [0.1, 0.15) is 30.1 Å². The molecule has 3 nitrogen and oxygen atoms in total. The van der Waals surface area contributed by atoms with Gasteiger partial charge < -0.3 is 10.1 Å². The van der Waals surface area contributed by atoms with E-state index in [9.17, 15) is 4.79 Å². The van der Waals surface area contributed by atoms with Gasteiger partial charge in [-0.2, -0.15) is 0 Å². The number of ether oxygens (including phenoxy) is 1. The van der Waals surface area contributed by atoms with E-state index in [-0.39, 0.29) is 18.1 Å². The van der Waals surface area contributed by atoms with Crippen LogP contribution in [-0.2, 0) is 4.74 Å². The van der Waals surface area contributed by atoms with E-state index in [1.165, 1.54) is 0 Å².